The van der Waals surface area contributed by atoms with E-state index in [2.05, 4.69) is 56.0 Å². The minimum absolute atomic E-state index is 0.341. The van der Waals surface area contributed by atoms with Crippen molar-refractivity contribution < 1.29 is 9.64 Å². The van der Waals surface area contributed by atoms with E-state index in [9.17, 15) is 0 Å². The summed E-state index contributed by atoms with van der Waals surface area (Å²) in [7, 11) is 0. The van der Waals surface area contributed by atoms with Crippen LogP contribution in [0.2, 0.25) is 0 Å². The molecule has 4 heteroatoms. The van der Waals surface area contributed by atoms with Gasteiger partial charge in [-0.1, -0.05) is 39.0 Å². The van der Waals surface area contributed by atoms with Crippen LogP contribution in [0.25, 0.3) is 0 Å². The Morgan fingerprint density at radius 1 is 1.19 bits per heavy atom. The van der Waals surface area contributed by atoms with Crippen molar-refractivity contribution in [3.63, 3.8) is 0 Å². The Morgan fingerprint density at radius 2 is 1.88 bits per heavy atom. The van der Waals surface area contributed by atoms with Crippen LogP contribution in [0.3, 0.4) is 0 Å². The van der Waals surface area contributed by atoms with Crippen LogP contribution in [0.5, 0.6) is 0 Å². The number of anilines is 1. The van der Waals surface area contributed by atoms with Crippen molar-refractivity contribution in [1.29, 1.82) is 0 Å². The molecule has 1 N–H and O–H groups in total. The lowest BCUT2D eigenvalue weighted by atomic mass is 9.71. The van der Waals surface area contributed by atoms with E-state index in [1.54, 1.807) is 4.90 Å². The number of piperazine rings is 1. The first-order valence-corrected chi connectivity index (χ1v) is 10.9. The number of thiol groups is 1. The summed E-state index contributed by atoms with van der Waals surface area (Å²) < 4.78 is 6.28. The fourth-order valence-corrected chi connectivity index (χ4v) is 5.29. The second-order valence-corrected chi connectivity index (χ2v) is 10.0. The predicted molar refractivity (Wildman–Crippen MR) is 114 cm³/mol. The molecule has 26 heavy (non-hydrogen) atoms. The highest BCUT2D eigenvalue weighted by atomic mass is 32.1. The van der Waals surface area contributed by atoms with E-state index in [4.69, 9.17) is 17.4 Å². The second-order valence-electron chi connectivity index (χ2n) is 9.30. The van der Waals surface area contributed by atoms with Gasteiger partial charge in [-0.25, -0.2) is 0 Å². The highest BCUT2D eigenvalue weighted by Crippen LogP contribution is 2.39. The SMILES string of the molecule is C[C@@H]1C[C@H](OC[C@H](S)C[NH+]2CCN(c3ccccc3)CC2)CC(C)(C)C1. The number of rotatable bonds is 6. The van der Waals surface area contributed by atoms with Gasteiger partial charge in [0.25, 0.3) is 0 Å². The molecule has 0 radical (unpaired) electrons. The third-order valence-electron chi connectivity index (χ3n) is 5.99. The quantitative estimate of drug-likeness (QED) is 0.742. The Kier molecular flexibility index (Phi) is 6.92. The smallest absolute Gasteiger partial charge is 0.0949 e. The number of nitrogens with zero attached hydrogens (tertiary/aromatic N) is 1. The van der Waals surface area contributed by atoms with Crippen LogP contribution in [0, 0.1) is 11.3 Å². The summed E-state index contributed by atoms with van der Waals surface area (Å²) in [4.78, 5) is 4.16. The standard InChI is InChI=1S/C22H36N2OS/c1-18-13-20(15-22(2,3)14-18)25-17-21(26)16-23-9-11-24(12-10-23)19-7-5-4-6-8-19/h4-8,18,20-21,26H,9-17H2,1-3H3/p+1/t18-,20+,21-/m1/s1. The van der Waals surface area contributed by atoms with Gasteiger partial charge in [-0.3, -0.25) is 0 Å². The molecule has 0 bridgehead atoms. The van der Waals surface area contributed by atoms with Gasteiger partial charge in [0.1, 0.15) is 0 Å². The van der Waals surface area contributed by atoms with Crippen molar-refractivity contribution in [3.05, 3.63) is 30.3 Å². The summed E-state index contributed by atoms with van der Waals surface area (Å²) in [5.41, 5.74) is 1.78. The molecule has 3 atom stereocenters. The Balaban J connectivity index is 1.37. The maximum Gasteiger partial charge on any atom is 0.0949 e. The molecule has 0 unspecified atom stereocenters. The van der Waals surface area contributed by atoms with Crippen molar-refractivity contribution in [1.82, 2.24) is 0 Å². The Bertz CT molecular complexity index is 542. The molecule has 3 rings (SSSR count). The number of quaternary nitrogens is 1. The lowest BCUT2D eigenvalue weighted by Crippen LogP contribution is -3.15. The maximum atomic E-state index is 6.28. The number of ether oxygens (including phenoxy) is 1. The van der Waals surface area contributed by atoms with Gasteiger partial charge in [-0.05, 0) is 42.7 Å². The molecule has 0 amide bonds. The molecule has 2 aliphatic rings. The number of para-hydroxylation sites is 1. The van der Waals surface area contributed by atoms with E-state index in [1.807, 2.05) is 0 Å². The van der Waals surface area contributed by atoms with Gasteiger partial charge in [0.2, 0.25) is 0 Å². The average molecular weight is 378 g/mol. The summed E-state index contributed by atoms with van der Waals surface area (Å²) in [6, 6.07) is 10.8. The Morgan fingerprint density at radius 3 is 2.54 bits per heavy atom. The zero-order chi connectivity index (χ0) is 18.6. The summed E-state index contributed by atoms with van der Waals surface area (Å²) >= 11 is 4.84. The van der Waals surface area contributed by atoms with Gasteiger partial charge in [-0.15, -0.1) is 0 Å². The van der Waals surface area contributed by atoms with Crippen LogP contribution < -0.4 is 9.80 Å². The number of benzene rings is 1. The molecule has 2 fully saturated rings. The summed E-state index contributed by atoms with van der Waals surface area (Å²) in [5.74, 6) is 0.777. The minimum atomic E-state index is 0.341. The molecule has 146 valence electrons. The van der Waals surface area contributed by atoms with Crippen LogP contribution in [0.1, 0.15) is 40.0 Å². The van der Waals surface area contributed by atoms with E-state index in [0.717, 1.165) is 32.2 Å². The molecule has 1 aromatic rings. The molecule has 1 aromatic carbocycles. The average Bonchev–Trinajstić information content (AvgIpc) is 2.60. The Hall–Kier alpha value is -0.710. The highest BCUT2D eigenvalue weighted by Gasteiger charge is 2.33. The van der Waals surface area contributed by atoms with Crippen molar-refractivity contribution in [2.75, 3.05) is 44.2 Å². The number of nitrogens with one attached hydrogen (secondary N) is 1. The normalized spacial score (nSPS) is 28.1. The zero-order valence-electron chi connectivity index (χ0n) is 16.8. The van der Waals surface area contributed by atoms with Gasteiger partial charge in [0.05, 0.1) is 50.7 Å². The first kappa shape index (κ1) is 20.0. The minimum Gasteiger partial charge on any atom is -0.377 e. The topological polar surface area (TPSA) is 16.9 Å². The highest BCUT2D eigenvalue weighted by molar-refractivity contribution is 7.81. The van der Waals surface area contributed by atoms with Crippen LogP contribution in [0.15, 0.2) is 30.3 Å². The molecule has 1 aliphatic carbocycles. The van der Waals surface area contributed by atoms with Crippen molar-refractivity contribution in [3.8, 4) is 0 Å². The third-order valence-corrected chi connectivity index (χ3v) is 6.32. The van der Waals surface area contributed by atoms with Crippen LogP contribution >= 0.6 is 12.6 Å². The second kappa shape index (κ2) is 8.99. The molecule has 1 saturated heterocycles. The largest absolute Gasteiger partial charge is 0.377 e. The van der Waals surface area contributed by atoms with Crippen molar-refractivity contribution in [2.45, 2.75) is 51.4 Å². The van der Waals surface area contributed by atoms with E-state index in [1.165, 1.54) is 38.0 Å². The third kappa shape index (κ3) is 5.90. The van der Waals surface area contributed by atoms with E-state index in [-0.39, 0.29) is 0 Å². The van der Waals surface area contributed by atoms with E-state index < -0.39 is 0 Å². The van der Waals surface area contributed by atoms with Crippen molar-refractivity contribution >= 4 is 18.3 Å². The molecular weight excluding hydrogens is 340 g/mol. The summed E-state index contributed by atoms with van der Waals surface area (Å²) in [5, 5.41) is 0.341. The van der Waals surface area contributed by atoms with Crippen molar-refractivity contribution in [2.24, 2.45) is 11.3 Å². The molecule has 1 saturated carbocycles. The fourth-order valence-electron chi connectivity index (χ4n) is 4.95. The predicted octanol–water partition coefficient (Wildman–Crippen LogP) is 2.92. The van der Waals surface area contributed by atoms with E-state index >= 15 is 0 Å². The monoisotopic (exact) mass is 377 g/mol. The van der Waals surface area contributed by atoms with Crippen LogP contribution in [-0.4, -0.2) is 50.7 Å². The van der Waals surface area contributed by atoms with Crippen LogP contribution in [0.4, 0.5) is 5.69 Å². The molecule has 3 nitrogen and oxygen atoms in total. The lowest BCUT2D eigenvalue weighted by Gasteiger charge is -2.39. The van der Waals surface area contributed by atoms with Gasteiger partial charge in [0.15, 0.2) is 0 Å². The first-order valence-electron chi connectivity index (χ1n) is 10.3. The number of hydrogen-bond acceptors (Lipinski definition) is 3. The van der Waals surface area contributed by atoms with Gasteiger partial charge >= 0.3 is 0 Å². The zero-order valence-corrected chi connectivity index (χ0v) is 17.7. The van der Waals surface area contributed by atoms with E-state index in [0.29, 0.717) is 16.8 Å². The lowest BCUT2D eigenvalue weighted by molar-refractivity contribution is -0.900. The molecular formula is C22H37N2OS+. The van der Waals surface area contributed by atoms with Crippen LogP contribution in [-0.2, 0) is 4.74 Å². The van der Waals surface area contributed by atoms with Gasteiger partial charge in [0, 0.05) is 5.69 Å². The summed E-state index contributed by atoms with van der Waals surface area (Å²) in [6.45, 7) is 13.7. The summed E-state index contributed by atoms with van der Waals surface area (Å²) in [6.07, 6.45) is 4.16. The number of hydrogen-bond donors (Lipinski definition) is 2. The Labute approximate surface area is 165 Å². The molecule has 0 spiro atoms. The first-order chi connectivity index (χ1) is 12.4. The molecule has 1 heterocycles. The van der Waals surface area contributed by atoms with Gasteiger partial charge < -0.3 is 14.5 Å². The maximum absolute atomic E-state index is 6.28. The van der Waals surface area contributed by atoms with Gasteiger partial charge in [-0.2, -0.15) is 12.6 Å². The fraction of sp³-hybridized carbons (Fsp3) is 0.727. The molecule has 0 aromatic heterocycles. The molecule has 1 aliphatic heterocycles.